The molecule has 0 aliphatic carbocycles. The molecule has 1 aromatic heterocycles. The number of nitrogens with one attached hydrogen (secondary N) is 1. The molecule has 1 fully saturated rings. The van der Waals surface area contributed by atoms with E-state index in [2.05, 4.69) is 5.32 Å². The Bertz CT molecular complexity index is 861. The summed E-state index contributed by atoms with van der Waals surface area (Å²) in [6, 6.07) is 8.11. The largest absolute Gasteiger partial charge is 0.393 e. The molecule has 9 heteroatoms. The fourth-order valence-corrected chi connectivity index (χ4v) is 3.98. The first-order valence-electron chi connectivity index (χ1n) is 9.09. The Balaban J connectivity index is 1.50. The topological polar surface area (TPSA) is 119 Å². The predicted molar refractivity (Wildman–Crippen MR) is 107 cm³/mol. The van der Waals surface area contributed by atoms with Crippen LogP contribution in [0, 0.1) is 16.0 Å². The number of rotatable bonds is 6. The third-order valence-corrected chi connectivity index (χ3v) is 5.81. The summed E-state index contributed by atoms with van der Waals surface area (Å²) in [6.45, 7) is 1.49. The number of nitrogens with two attached hydrogens (primary N) is 1. The Hall–Kier alpha value is -2.94. The first kappa shape index (κ1) is 19.8. The Morgan fingerprint density at radius 3 is 2.68 bits per heavy atom. The molecule has 0 radical (unpaired) electrons. The highest BCUT2D eigenvalue weighted by atomic mass is 32.1. The van der Waals surface area contributed by atoms with Crippen LogP contribution in [-0.4, -0.2) is 41.3 Å². The molecule has 28 heavy (non-hydrogen) atoms. The van der Waals surface area contributed by atoms with E-state index >= 15 is 0 Å². The van der Waals surface area contributed by atoms with Gasteiger partial charge in [0, 0.05) is 42.1 Å². The van der Waals surface area contributed by atoms with Crippen molar-refractivity contribution >= 4 is 34.5 Å². The predicted octanol–water partition coefficient (Wildman–Crippen LogP) is 2.45. The van der Waals surface area contributed by atoms with E-state index in [-0.39, 0.29) is 34.7 Å². The molecule has 0 atom stereocenters. The molecule has 1 saturated heterocycles. The van der Waals surface area contributed by atoms with E-state index < -0.39 is 4.92 Å². The number of nitro benzene ring substituents is 1. The van der Waals surface area contributed by atoms with E-state index in [9.17, 15) is 19.7 Å². The van der Waals surface area contributed by atoms with Gasteiger partial charge >= 0.3 is 0 Å². The summed E-state index contributed by atoms with van der Waals surface area (Å²) < 4.78 is 0. The Morgan fingerprint density at radius 1 is 1.29 bits per heavy atom. The molecule has 2 heterocycles. The molecule has 0 spiro atoms. The number of nitrogen functional groups attached to an aromatic ring is 1. The van der Waals surface area contributed by atoms with Gasteiger partial charge in [0.05, 0.1) is 4.92 Å². The average Bonchev–Trinajstić information content (AvgIpc) is 3.21. The standard InChI is InChI=1S/C19H22N4O4S/c20-16-4-3-14(12-17(16)23(26)27)19(25)22-9-6-13(7-10-22)18(24)21-8-5-15-2-1-11-28-15/h1-4,11-13H,5-10,20H2,(H,21,24). The Labute approximate surface area is 166 Å². The van der Waals surface area contributed by atoms with Crippen molar-refractivity contribution in [3.63, 3.8) is 0 Å². The number of piperidine rings is 1. The van der Waals surface area contributed by atoms with Crippen molar-refractivity contribution in [3.8, 4) is 0 Å². The van der Waals surface area contributed by atoms with Crippen molar-refractivity contribution in [2.45, 2.75) is 19.3 Å². The van der Waals surface area contributed by atoms with Gasteiger partial charge in [0.1, 0.15) is 5.69 Å². The second-order valence-electron chi connectivity index (χ2n) is 6.72. The van der Waals surface area contributed by atoms with E-state index in [1.807, 2.05) is 17.5 Å². The smallest absolute Gasteiger partial charge is 0.292 e. The van der Waals surface area contributed by atoms with Gasteiger partial charge in [-0.2, -0.15) is 0 Å². The van der Waals surface area contributed by atoms with Crippen LogP contribution in [0.3, 0.4) is 0 Å². The maximum Gasteiger partial charge on any atom is 0.292 e. The highest BCUT2D eigenvalue weighted by Gasteiger charge is 2.28. The van der Waals surface area contributed by atoms with Crippen molar-refractivity contribution in [1.29, 1.82) is 0 Å². The molecular weight excluding hydrogens is 380 g/mol. The van der Waals surface area contributed by atoms with Crippen LogP contribution in [0.2, 0.25) is 0 Å². The number of thiophene rings is 1. The van der Waals surface area contributed by atoms with Gasteiger partial charge in [-0.3, -0.25) is 19.7 Å². The molecule has 1 aliphatic rings. The van der Waals surface area contributed by atoms with Crippen LogP contribution in [0.5, 0.6) is 0 Å². The Morgan fingerprint density at radius 2 is 2.04 bits per heavy atom. The molecule has 8 nitrogen and oxygen atoms in total. The normalized spacial score (nSPS) is 14.6. The van der Waals surface area contributed by atoms with E-state index in [1.165, 1.54) is 23.1 Å². The van der Waals surface area contributed by atoms with Gasteiger partial charge in [-0.05, 0) is 42.8 Å². The fraction of sp³-hybridized carbons (Fsp3) is 0.368. The van der Waals surface area contributed by atoms with Crippen LogP contribution in [0.4, 0.5) is 11.4 Å². The zero-order chi connectivity index (χ0) is 20.1. The first-order chi connectivity index (χ1) is 13.5. The number of anilines is 1. The third kappa shape index (κ3) is 4.66. The number of benzene rings is 1. The third-order valence-electron chi connectivity index (χ3n) is 4.88. The molecule has 2 amide bonds. The summed E-state index contributed by atoms with van der Waals surface area (Å²) in [6.07, 6.45) is 1.97. The second kappa shape index (κ2) is 8.83. The van der Waals surface area contributed by atoms with Gasteiger partial charge in [-0.15, -0.1) is 11.3 Å². The zero-order valence-electron chi connectivity index (χ0n) is 15.3. The van der Waals surface area contributed by atoms with Crippen LogP contribution in [0.15, 0.2) is 35.7 Å². The maximum absolute atomic E-state index is 12.6. The van der Waals surface area contributed by atoms with E-state index in [0.717, 1.165) is 6.42 Å². The molecular formula is C19H22N4O4S. The lowest BCUT2D eigenvalue weighted by molar-refractivity contribution is -0.383. The van der Waals surface area contributed by atoms with Gasteiger partial charge in [0.15, 0.2) is 0 Å². The number of carbonyl (C=O) groups is 2. The average molecular weight is 402 g/mol. The lowest BCUT2D eigenvalue weighted by atomic mass is 9.95. The molecule has 1 aromatic carbocycles. The van der Waals surface area contributed by atoms with Gasteiger partial charge in [0.2, 0.25) is 5.91 Å². The lowest BCUT2D eigenvalue weighted by Gasteiger charge is -2.31. The summed E-state index contributed by atoms with van der Waals surface area (Å²) in [7, 11) is 0. The van der Waals surface area contributed by atoms with Crippen molar-refractivity contribution in [2.75, 3.05) is 25.4 Å². The maximum atomic E-state index is 12.6. The summed E-state index contributed by atoms with van der Waals surface area (Å²) in [5.41, 5.74) is 5.57. The minimum absolute atomic E-state index is 0.0202. The lowest BCUT2D eigenvalue weighted by Crippen LogP contribution is -2.43. The molecule has 1 aliphatic heterocycles. The summed E-state index contributed by atoms with van der Waals surface area (Å²) in [5.74, 6) is -0.375. The molecule has 3 rings (SSSR count). The van der Waals surface area contributed by atoms with Gasteiger partial charge in [-0.1, -0.05) is 6.07 Å². The molecule has 0 unspecified atom stereocenters. The molecule has 0 bridgehead atoms. The van der Waals surface area contributed by atoms with Gasteiger partial charge < -0.3 is 16.0 Å². The molecule has 148 valence electrons. The zero-order valence-corrected chi connectivity index (χ0v) is 16.1. The van der Waals surface area contributed by atoms with Crippen molar-refractivity contribution in [2.24, 2.45) is 5.92 Å². The van der Waals surface area contributed by atoms with Crippen LogP contribution in [0.1, 0.15) is 28.1 Å². The Kier molecular flexibility index (Phi) is 6.25. The van der Waals surface area contributed by atoms with Gasteiger partial charge in [-0.25, -0.2) is 0 Å². The van der Waals surface area contributed by atoms with E-state index in [1.54, 1.807) is 16.2 Å². The minimum Gasteiger partial charge on any atom is -0.393 e. The highest BCUT2D eigenvalue weighted by Crippen LogP contribution is 2.25. The number of nitrogens with zero attached hydrogens (tertiary/aromatic N) is 2. The molecule has 2 aromatic rings. The SMILES string of the molecule is Nc1ccc(C(=O)N2CCC(C(=O)NCCc3cccs3)CC2)cc1[N+](=O)[O-]. The summed E-state index contributed by atoms with van der Waals surface area (Å²) >= 11 is 1.67. The number of likely N-dealkylation sites (tertiary alicyclic amines) is 1. The van der Waals surface area contributed by atoms with Crippen molar-refractivity contribution < 1.29 is 14.5 Å². The number of hydrogen-bond acceptors (Lipinski definition) is 6. The van der Waals surface area contributed by atoms with E-state index in [0.29, 0.717) is 32.5 Å². The number of nitro groups is 1. The van der Waals surface area contributed by atoms with Gasteiger partial charge in [0.25, 0.3) is 11.6 Å². The van der Waals surface area contributed by atoms with Crippen LogP contribution < -0.4 is 11.1 Å². The number of hydrogen-bond donors (Lipinski definition) is 2. The number of carbonyl (C=O) groups excluding carboxylic acids is 2. The van der Waals surface area contributed by atoms with E-state index in [4.69, 9.17) is 5.73 Å². The highest BCUT2D eigenvalue weighted by molar-refractivity contribution is 7.09. The van der Waals surface area contributed by atoms with Crippen LogP contribution in [0.25, 0.3) is 0 Å². The first-order valence-corrected chi connectivity index (χ1v) is 9.97. The van der Waals surface area contributed by atoms with Crippen molar-refractivity contribution in [3.05, 3.63) is 56.3 Å². The van der Waals surface area contributed by atoms with Crippen LogP contribution in [-0.2, 0) is 11.2 Å². The monoisotopic (exact) mass is 402 g/mol. The van der Waals surface area contributed by atoms with Crippen molar-refractivity contribution in [1.82, 2.24) is 10.2 Å². The summed E-state index contributed by atoms with van der Waals surface area (Å²) in [4.78, 5) is 38.2. The quantitative estimate of drug-likeness (QED) is 0.437. The second-order valence-corrected chi connectivity index (χ2v) is 7.75. The summed E-state index contributed by atoms with van der Waals surface area (Å²) in [5, 5.41) is 16.0. The molecule has 0 saturated carbocycles. The minimum atomic E-state index is -0.598. The fourth-order valence-electron chi connectivity index (χ4n) is 3.27. The molecule has 3 N–H and O–H groups in total. The van der Waals surface area contributed by atoms with Crippen LogP contribution >= 0.6 is 11.3 Å². The number of amides is 2.